The molecule has 0 bridgehead atoms. The van der Waals surface area contributed by atoms with Crippen LogP contribution in [0.25, 0.3) is 0 Å². The highest BCUT2D eigenvalue weighted by Gasteiger charge is 2.30. The molecular weight excluding hydrogens is 268 g/mol. The first-order chi connectivity index (χ1) is 10.1. The van der Waals surface area contributed by atoms with Crippen molar-refractivity contribution < 1.29 is 9.53 Å². The summed E-state index contributed by atoms with van der Waals surface area (Å²) >= 11 is 0. The summed E-state index contributed by atoms with van der Waals surface area (Å²) in [4.78, 5) is 14.3. The minimum Gasteiger partial charge on any atom is -0.377 e. The molecule has 3 heterocycles. The van der Waals surface area contributed by atoms with Crippen LogP contribution in [0.3, 0.4) is 0 Å². The summed E-state index contributed by atoms with van der Waals surface area (Å²) in [7, 11) is 0. The zero-order valence-corrected chi connectivity index (χ0v) is 13.0. The average molecular weight is 292 g/mol. The van der Waals surface area contributed by atoms with Gasteiger partial charge in [-0.15, -0.1) is 0 Å². The van der Waals surface area contributed by atoms with Gasteiger partial charge in [0.05, 0.1) is 25.3 Å². The maximum absolute atomic E-state index is 12.1. The van der Waals surface area contributed by atoms with Crippen molar-refractivity contribution in [3.8, 4) is 0 Å². The number of morpholine rings is 1. The van der Waals surface area contributed by atoms with Gasteiger partial charge in [-0.25, -0.2) is 0 Å². The van der Waals surface area contributed by atoms with Gasteiger partial charge in [0, 0.05) is 19.2 Å². The number of ether oxygens (including phenoxy) is 1. The number of nitrogens with one attached hydrogen (secondary N) is 1. The summed E-state index contributed by atoms with van der Waals surface area (Å²) in [6.07, 6.45) is 1.02. The smallest absolute Gasteiger partial charge is 0.269 e. The van der Waals surface area contributed by atoms with E-state index in [2.05, 4.69) is 31.0 Å². The van der Waals surface area contributed by atoms with Gasteiger partial charge >= 0.3 is 0 Å². The molecule has 2 aliphatic rings. The third kappa shape index (κ3) is 2.77. The lowest BCUT2D eigenvalue weighted by Crippen LogP contribution is -2.44. The Kier molecular flexibility index (Phi) is 3.89. The Labute approximate surface area is 125 Å². The van der Waals surface area contributed by atoms with E-state index < -0.39 is 0 Å². The van der Waals surface area contributed by atoms with E-state index in [1.165, 1.54) is 0 Å². The van der Waals surface area contributed by atoms with Gasteiger partial charge in [0.25, 0.3) is 5.91 Å². The van der Waals surface area contributed by atoms with Crippen LogP contribution in [-0.2, 0) is 4.74 Å². The predicted octanol–water partition coefficient (Wildman–Crippen LogP) is 1.44. The molecule has 2 aliphatic heterocycles. The number of rotatable bonds is 3. The van der Waals surface area contributed by atoms with Gasteiger partial charge < -0.3 is 15.0 Å². The van der Waals surface area contributed by atoms with E-state index in [0.717, 1.165) is 18.8 Å². The molecule has 6 heteroatoms. The number of amides is 1. The topological polar surface area (TPSA) is 59.4 Å². The molecule has 0 radical (unpaired) electrons. The third-order valence-corrected chi connectivity index (χ3v) is 4.20. The number of nitrogens with zero attached hydrogens (tertiary/aromatic N) is 3. The highest BCUT2D eigenvalue weighted by atomic mass is 16.5. The summed E-state index contributed by atoms with van der Waals surface area (Å²) in [5.41, 5.74) is 0.681. The summed E-state index contributed by atoms with van der Waals surface area (Å²) < 4.78 is 7.40. The Morgan fingerprint density at radius 2 is 2.33 bits per heavy atom. The van der Waals surface area contributed by atoms with Crippen LogP contribution in [0.15, 0.2) is 6.07 Å². The fourth-order valence-corrected chi connectivity index (χ4v) is 3.15. The van der Waals surface area contributed by atoms with E-state index in [-0.39, 0.29) is 11.9 Å². The number of anilines is 1. The second-order valence-electron chi connectivity index (χ2n) is 6.44. The van der Waals surface area contributed by atoms with Crippen LogP contribution >= 0.6 is 0 Å². The minimum absolute atomic E-state index is 0.0188. The van der Waals surface area contributed by atoms with Gasteiger partial charge in [0.1, 0.15) is 5.69 Å². The van der Waals surface area contributed by atoms with E-state index in [1.807, 2.05) is 10.7 Å². The monoisotopic (exact) mass is 292 g/mol. The fraction of sp³-hybridized carbons (Fsp3) is 0.733. The average Bonchev–Trinajstić information content (AvgIpc) is 2.88. The molecule has 116 valence electrons. The van der Waals surface area contributed by atoms with Gasteiger partial charge in [0.15, 0.2) is 5.82 Å². The molecule has 1 fully saturated rings. The Hall–Kier alpha value is -1.56. The zero-order valence-electron chi connectivity index (χ0n) is 13.0. The van der Waals surface area contributed by atoms with Crippen molar-refractivity contribution in [3.63, 3.8) is 0 Å². The number of carbonyl (C=O) groups is 1. The van der Waals surface area contributed by atoms with Gasteiger partial charge in [-0.05, 0) is 19.3 Å². The van der Waals surface area contributed by atoms with Crippen molar-refractivity contribution in [1.29, 1.82) is 0 Å². The molecule has 1 saturated heterocycles. The van der Waals surface area contributed by atoms with Gasteiger partial charge in [0.2, 0.25) is 0 Å². The van der Waals surface area contributed by atoms with Gasteiger partial charge in [-0.2, -0.15) is 5.10 Å². The molecule has 0 saturated carbocycles. The van der Waals surface area contributed by atoms with E-state index in [4.69, 9.17) is 9.84 Å². The number of aromatic nitrogens is 2. The number of hydrogen-bond donors (Lipinski definition) is 1. The van der Waals surface area contributed by atoms with Crippen LogP contribution in [0, 0.1) is 5.92 Å². The molecule has 0 aromatic carbocycles. The molecule has 0 aliphatic carbocycles. The molecule has 3 rings (SSSR count). The standard InChI is InChI=1S/C15H24N4O2/c1-10(2)6-12-8-16-15(20)13-7-14(17-19(12)13)18-4-5-21-9-11(18)3/h7,10-12H,4-6,8-9H2,1-3H3,(H,16,20)/t11-,12-/m1/s1. The summed E-state index contributed by atoms with van der Waals surface area (Å²) in [5, 5.41) is 7.71. The Morgan fingerprint density at radius 1 is 1.52 bits per heavy atom. The highest BCUT2D eigenvalue weighted by molar-refractivity contribution is 5.94. The highest BCUT2D eigenvalue weighted by Crippen LogP contribution is 2.27. The van der Waals surface area contributed by atoms with Crippen LogP contribution in [0.4, 0.5) is 5.82 Å². The lowest BCUT2D eigenvalue weighted by molar-refractivity contribution is 0.0903. The largest absolute Gasteiger partial charge is 0.377 e. The number of hydrogen-bond acceptors (Lipinski definition) is 4. The van der Waals surface area contributed by atoms with Crippen molar-refractivity contribution in [2.24, 2.45) is 5.92 Å². The predicted molar refractivity (Wildman–Crippen MR) is 80.7 cm³/mol. The molecule has 6 nitrogen and oxygen atoms in total. The van der Waals surface area contributed by atoms with Crippen LogP contribution in [0.1, 0.15) is 43.7 Å². The minimum atomic E-state index is -0.0188. The lowest BCUT2D eigenvalue weighted by atomic mass is 10.0. The van der Waals surface area contributed by atoms with Crippen LogP contribution in [-0.4, -0.2) is 48.0 Å². The number of carbonyl (C=O) groups excluding carboxylic acids is 1. The van der Waals surface area contributed by atoms with E-state index >= 15 is 0 Å². The summed E-state index contributed by atoms with van der Waals surface area (Å²) in [6.45, 7) is 9.45. The molecular formula is C15H24N4O2. The molecule has 1 aromatic heterocycles. The molecule has 2 atom stereocenters. The van der Waals surface area contributed by atoms with E-state index in [0.29, 0.717) is 37.4 Å². The van der Waals surface area contributed by atoms with Crippen molar-refractivity contribution in [3.05, 3.63) is 11.8 Å². The first-order valence-corrected chi connectivity index (χ1v) is 7.78. The van der Waals surface area contributed by atoms with Crippen molar-refractivity contribution >= 4 is 11.7 Å². The van der Waals surface area contributed by atoms with Gasteiger partial charge in [-0.3, -0.25) is 9.48 Å². The SMILES string of the molecule is CC(C)C[C@@H]1CNC(=O)c2cc(N3CCOC[C@H]3C)nn21. The second kappa shape index (κ2) is 5.67. The Morgan fingerprint density at radius 3 is 3.05 bits per heavy atom. The van der Waals surface area contributed by atoms with Crippen LogP contribution in [0.5, 0.6) is 0 Å². The second-order valence-corrected chi connectivity index (χ2v) is 6.44. The molecule has 1 amide bonds. The van der Waals surface area contributed by atoms with Crippen LogP contribution in [0.2, 0.25) is 0 Å². The quantitative estimate of drug-likeness (QED) is 0.916. The Balaban J connectivity index is 1.90. The first kappa shape index (κ1) is 14.4. The third-order valence-electron chi connectivity index (χ3n) is 4.20. The Bertz CT molecular complexity index is 526. The van der Waals surface area contributed by atoms with Crippen molar-refractivity contribution in [2.45, 2.75) is 39.3 Å². The fourth-order valence-electron chi connectivity index (χ4n) is 3.15. The first-order valence-electron chi connectivity index (χ1n) is 7.78. The van der Waals surface area contributed by atoms with E-state index in [9.17, 15) is 4.79 Å². The van der Waals surface area contributed by atoms with Crippen molar-refractivity contribution in [1.82, 2.24) is 15.1 Å². The van der Waals surface area contributed by atoms with Crippen LogP contribution < -0.4 is 10.2 Å². The maximum atomic E-state index is 12.1. The maximum Gasteiger partial charge on any atom is 0.269 e. The summed E-state index contributed by atoms with van der Waals surface area (Å²) in [5.74, 6) is 1.45. The number of fused-ring (bicyclic) bond motifs is 1. The molecule has 21 heavy (non-hydrogen) atoms. The molecule has 0 spiro atoms. The normalized spacial score (nSPS) is 25.9. The molecule has 0 unspecified atom stereocenters. The van der Waals surface area contributed by atoms with Crippen molar-refractivity contribution in [2.75, 3.05) is 31.2 Å². The summed E-state index contributed by atoms with van der Waals surface area (Å²) in [6, 6.07) is 2.47. The molecule has 1 N–H and O–H groups in total. The lowest BCUT2D eigenvalue weighted by Gasteiger charge is -2.33. The zero-order chi connectivity index (χ0) is 15.0. The molecule has 1 aromatic rings. The van der Waals surface area contributed by atoms with E-state index in [1.54, 1.807) is 0 Å². The van der Waals surface area contributed by atoms with Gasteiger partial charge in [-0.1, -0.05) is 13.8 Å².